The Morgan fingerprint density at radius 3 is 1.94 bits per heavy atom. The van der Waals surface area contributed by atoms with E-state index in [0.29, 0.717) is 0 Å². The maximum Gasteiger partial charge on any atom is 0.240 e. The van der Waals surface area contributed by atoms with Crippen molar-refractivity contribution >= 4 is 5.91 Å². The topological polar surface area (TPSA) is 55.1 Å². The highest BCUT2D eigenvalue weighted by Crippen LogP contribution is 2.30. The Hall–Kier alpha value is -0.570. The van der Waals surface area contributed by atoms with Crippen LogP contribution in [-0.4, -0.2) is 17.0 Å². The van der Waals surface area contributed by atoms with Crippen LogP contribution < -0.4 is 11.1 Å². The number of nitrogens with two attached hydrogens (primary N) is 1. The highest BCUT2D eigenvalue weighted by Gasteiger charge is 2.39. The van der Waals surface area contributed by atoms with Gasteiger partial charge in [0, 0.05) is 5.54 Å². The van der Waals surface area contributed by atoms with Gasteiger partial charge in [-0.1, -0.05) is 38.5 Å². The molecule has 0 radical (unpaired) electrons. The summed E-state index contributed by atoms with van der Waals surface area (Å²) in [6.45, 7) is 2.18. The van der Waals surface area contributed by atoms with E-state index in [4.69, 9.17) is 5.73 Å². The molecule has 2 aliphatic rings. The molecule has 3 N–H and O–H groups in total. The number of hydrogen-bond donors (Lipinski definition) is 2. The molecule has 3 nitrogen and oxygen atoms in total. The molecule has 0 heterocycles. The third-order valence-corrected chi connectivity index (χ3v) is 4.57. The van der Waals surface area contributed by atoms with Crippen molar-refractivity contribution < 1.29 is 4.79 Å². The lowest BCUT2D eigenvalue weighted by molar-refractivity contribution is -0.129. The van der Waals surface area contributed by atoms with Crippen LogP contribution in [0, 0.1) is 0 Å². The van der Waals surface area contributed by atoms with Gasteiger partial charge in [-0.3, -0.25) is 4.79 Å². The molecule has 0 spiro atoms. The summed E-state index contributed by atoms with van der Waals surface area (Å²) in [6, 6.07) is 0. The standard InChI is InChI=1S/C14H26N2O/c1-13(8-4-2-5-9-13)16-12(17)14(15)10-6-3-7-11-14/h2-11,15H2,1H3,(H,16,17). The van der Waals surface area contributed by atoms with Gasteiger partial charge in [0.05, 0.1) is 5.54 Å². The van der Waals surface area contributed by atoms with Crippen LogP contribution in [0.15, 0.2) is 0 Å². The lowest BCUT2D eigenvalue weighted by Crippen LogP contribution is -2.60. The van der Waals surface area contributed by atoms with Gasteiger partial charge in [0.25, 0.3) is 0 Å². The number of carbonyl (C=O) groups excluding carboxylic acids is 1. The lowest BCUT2D eigenvalue weighted by Gasteiger charge is -2.39. The van der Waals surface area contributed by atoms with E-state index >= 15 is 0 Å². The van der Waals surface area contributed by atoms with Gasteiger partial charge >= 0.3 is 0 Å². The zero-order chi connectivity index (χ0) is 12.4. The van der Waals surface area contributed by atoms with Gasteiger partial charge in [-0.25, -0.2) is 0 Å². The Kier molecular flexibility index (Phi) is 3.76. The van der Waals surface area contributed by atoms with Gasteiger partial charge in [0.2, 0.25) is 5.91 Å². The van der Waals surface area contributed by atoms with Crippen molar-refractivity contribution in [1.29, 1.82) is 0 Å². The lowest BCUT2D eigenvalue weighted by atomic mass is 9.79. The summed E-state index contributed by atoms with van der Waals surface area (Å²) in [6.07, 6.45) is 11.1. The third-order valence-electron chi connectivity index (χ3n) is 4.57. The predicted octanol–water partition coefficient (Wildman–Crippen LogP) is 2.49. The molecular weight excluding hydrogens is 212 g/mol. The second kappa shape index (κ2) is 4.97. The average molecular weight is 238 g/mol. The van der Waals surface area contributed by atoms with E-state index in [1.807, 2.05) is 0 Å². The minimum absolute atomic E-state index is 0.000843. The van der Waals surface area contributed by atoms with Crippen molar-refractivity contribution in [2.75, 3.05) is 0 Å². The molecule has 0 aromatic heterocycles. The van der Waals surface area contributed by atoms with Crippen molar-refractivity contribution in [3.05, 3.63) is 0 Å². The van der Waals surface area contributed by atoms with Crippen LogP contribution in [0.3, 0.4) is 0 Å². The van der Waals surface area contributed by atoms with E-state index in [0.717, 1.165) is 38.5 Å². The molecule has 0 bridgehead atoms. The zero-order valence-electron chi connectivity index (χ0n) is 11.1. The first-order chi connectivity index (χ1) is 8.04. The molecule has 0 saturated heterocycles. The molecule has 17 heavy (non-hydrogen) atoms. The number of nitrogens with one attached hydrogen (secondary N) is 1. The number of carbonyl (C=O) groups is 1. The summed E-state index contributed by atoms with van der Waals surface area (Å²) >= 11 is 0. The monoisotopic (exact) mass is 238 g/mol. The third kappa shape index (κ3) is 3.01. The molecule has 3 heteroatoms. The maximum atomic E-state index is 12.4. The largest absolute Gasteiger partial charge is 0.349 e. The van der Waals surface area contributed by atoms with E-state index in [2.05, 4.69) is 12.2 Å². The van der Waals surface area contributed by atoms with E-state index in [1.54, 1.807) is 0 Å². The Bertz CT molecular complexity index is 276. The summed E-state index contributed by atoms with van der Waals surface area (Å²) in [4.78, 5) is 12.4. The molecule has 1 amide bonds. The molecular formula is C14H26N2O. The van der Waals surface area contributed by atoms with Crippen LogP contribution in [0.1, 0.15) is 71.1 Å². The van der Waals surface area contributed by atoms with Crippen molar-refractivity contribution in [2.24, 2.45) is 5.73 Å². The summed E-state index contributed by atoms with van der Waals surface area (Å²) in [5.41, 5.74) is 5.68. The van der Waals surface area contributed by atoms with Crippen molar-refractivity contribution in [1.82, 2.24) is 5.32 Å². The molecule has 0 aliphatic heterocycles. The average Bonchev–Trinajstić information content (AvgIpc) is 2.30. The zero-order valence-corrected chi connectivity index (χ0v) is 11.1. The number of rotatable bonds is 2. The molecule has 2 fully saturated rings. The van der Waals surface area contributed by atoms with E-state index in [-0.39, 0.29) is 11.4 Å². The van der Waals surface area contributed by atoms with Gasteiger partial charge in [-0.15, -0.1) is 0 Å². The fourth-order valence-electron chi connectivity index (χ4n) is 3.27. The fourth-order valence-corrected chi connectivity index (χ4v) is 3.27. The second-order valence-corrected chi connectivity index (χ2v) is 6.29. The Morgan fingerprint density at radius 1 is 0.941 bits per heavy atom. The molecule has 2 rings (SSSR count). The van der Waals surface area contributed by atoms with Gasteiger partial charge < -0.3 is 11.1 Å². The summed E-state index contributed by atoms with van der Waals surface area (Å²) < 4.78 is 0. The summed E-state index contributed by atoms with van der Waals surface area (Å²) in [5.74, 6) is 0.0987. The van der Waals surface area contributed by atoms with Crippen LogP contribution >= 0.6 is 0 Å². The van der Waals surface area contributed by atoms with E-state index in [9.17, 15) is 4.79 Å². The first-order valence-electron chi connectivity index (χ1n) is 7.16. The molecule has 2 saturated carbocycles. The Labute approximate surface area is 105 Å². The van der Waals surface area contributed by atoms with Crippen LogP contribution in [0.25, 0.3) is 0 Å². The minimum atomic E-state index is -0.585. The molecule has 0 aromatic rings. The number of hydrogen-bond acceptors (Lipinski definition) is 2. The summed E-state index contributed by atoms with van der Waals surface area (Å²) in [7, 11) is 0. The smallest absolute Gasteiger partial charge is 0.240 e. The van der Waals surface area contributed by atoms with Crippen molar-refractivity contribution in [2.45, 2.75) is 82.2 Å². The first-order valence-corrected chi connectivity index (χ1v) is 7.16. The molecule has 0 aromatic carbocycles. The van der Waals surface area contributed by atoms with Crippen molar-refractivity contribution in [3.8, 4) is 0 Å². The minimum Gasteiger partial charge on any atom is -0.349 e. The van der Waals surface area contributed by atoms with Gasteiger partial charge in [0.1, 0.15) is 0 Å². The number of amides is 1. The van der Waals surface area contributed by atoms with Crippen LogP contribution in [0.4, 0.5) is 0 Å². The maximum absolute atomic E-state index is 12.4. The van der Waals surface area contributed by atoms with E-state index < -0.39 is 5.54 Å². The molecule has 98 valence electrons. The normalized spacial score (nSPS) is 27.4. The second-order valence-electron chi connectivity index (χ2n) is 6.29. The van der Waals surface area contributed by atoms with Crippen LogP contribution in [-0.2, 0) is 4.79 Å². The fraction of sp³-hybridized carbons (Fsp3) is 0.929. The Balaban J connectivity index is 1.95. The van der Waals surface area contributed by atoms with Crippen LogP contribution in [0.5, 0.6) is 0 Å². The molecule has 2 aliphatic carbocycles. The van der Waals surface area contributed by atoms with E-state index in [1.165, 1.54) is 25.7 Å². The Morgan fingerprint density at radius 2 is 1.41 bits per heavy atom. The van der Waals surface area contributed by atoms with Gasteiger partial charge in [-0.2, -0.15) is 0 Å². The molecule has 0 unspecified atom stereocenters. The SMILES string of the molecule is CC1(NC(=O)C2(N)CCCCC2)CCCCC1. The predicted molar refractivity (Wildman–Crippen MR) is 69.6 cm³/mol. The molecule has 0 atom stereocenters. The highest BCUT2D eigenvalue weighted by molar-refractivity contribution is 5.86. The van der Waals surface area contributed by atoms with Crippen molar-refractivity contribution in [3.63, 3.8) is 0 Å². The summed E-state index contributed by atoms with van der Waals surface area (Å²) in [5, 5.41) is 3.24. The quantitative estimate of drug-likeness (QED) is 0.776. The van der Waals surface area contributed by atoms with Gasteiger partial charge in [0.15, 0.2) is 0 Å². The first kappa shape index (κ1) is 12.9. The van der Waals surface area contributed by atoms with Crippen LogP contribution in [0.2, 0.25) is 0 Å². The highest BCUT2D eigenvalue weighted by atomic mass is 16.2. The van der Waals surface area contributed by atoms with Gasteiger partial charge in [-0.05, 0) is 32.6 Å².